The molecule has 122 valence electrons. The van der Waals surface area contributed by atoms with Gasteiger partial charge < -0.3 is 0 Å². The number of rotatable bonds is 1. The van der Waals surface area contributed by atoms with Crippen LogP contribution in [0.2, 0.25) is 0 Å². The molecule has 3 rings (SSSR count). The Labute approximate surface area is 131 Å². The van der Waals surface area contributed by atoms with Crippen molar-refractivity contribution in [2.45, 2.75) is 32.9 Å². The van der Waals surface area contributed by atoms with E-state index in [4.69, 9.17) is 0 Å². The number of alkyl halides is 3. The Morgan fingerprint density at radius 2 is 1.43 bits per heavy atom. The Morgan fingerprint density at radius 1 is 0.957 bits per heavy atom. The highest BCUT2D eigenvalue weighted by Gasteiger charge is 2.51. The van der Waals surface area contributed by atoms with Crippen molar-refractivity contribution in [3.8, 4) is 0 Å². The van der Waals surface area contributed by atoms with Crippen LogP contribution in [0.25, 0.3) is 0 Å². The lowest BCUT2D eigenvalue weighted by Gasteiger charge is -2.23. The molecule has 6 heteroatoms. The van der Waals surface area contributed by atoms with Gasteiger partial charge in [0.25, 0.3) is 0 Å². The van der Waals surface area contributed by atoms with Crippen molar-refractivity contribution in [1.82, 2.24) is 0 Å². The fourth-order valence-electron chi connectivity index (χ4n) is 3.40. The zero-order valence-corrected chi connectivity index (χ0v) is 12.8. The maximum absolute atomic E-state index is 13.2. The summed E-state index contributed by atoms with van der Waals surface area (Å²) in [7, 11) is 0. The summed E-state index contributed by atoms with van der Waals surface area (Å²) in [6.45, 7) is 3.80. The topological polar surface area (TPSA) is 37.4 Å². The van der Waals surface area contributed by atoms with Gasteiger partial charge in [-0.2, -0.15) is 13.2 Å². The van der Waals surface area contributed by atoms with E-state index in [2.05, 4.69) is 0 Å². The van der Waals surface area contributed by atoms with Gasteiger partial charge in [0.2, 0.25) is 11.8 Å². The van der Waals surface area contributed by atoms with Crippen LogP contribution in [0.1, 0.15) is 32.3 Å². The van der Waals surface area contributed by atoms with Gasteiger partial charge in [-0.15, -0.1) is 0 Å². The molecule has 0 bridgehead atoms. The molecule has 0 aromatic heterocycles. The second-order valence-corrected chi connectivity index (χ2v) is 6.21. The van der Waals surface area contributed by atoms with Crippen LogP contribution < -0.4 is 4.90 Å². The van der Waals surface area contributed by atoms with E-state index < -0.39 is 35.4 Å². The minimum absolute atomic E-state index is 0.361. The van der Waals surface area contributed by atoms with E-state index in [1.807, 2.05) is 13.8 Å². The van der Waals surface area contributed by atoms with Crippen molar-refractivity contribution >= 4 is 17.5 Å². The third-order valence-electron chi connectivity index (χ3n) is 4.79. The number of para-hydroxylation sites is 1. The summed E-state index contributed by atoms with van der Waals surface area (Å²) >= 11 is 0. The molecule has 2 atom stereocenters. The predicted octanol–water partition coefficient (Wildman–Crippen LogP) is 3.94. The SMILES string of the molecule is CC1=C(C)CC2C(=O)N(c3ccccc3C(F)(F)F)C(=O)C2C1. The van der Waals surface area contributed by atoms with E-state index >= 15 is 0 Å². The van der Waals surface area contributed by atoms with E-state index in [1.54, 1.807) is 0 Å². The van der Waals surface area contributed by atoms with Gasteiger partial charge in [0.15, 0.2) is 0 Å². The number of fused-ring (bicyclic) bond motifs is 1. The van der Waals surface area contributed by atoms with Crippen molar-refractivity contribution in [2.75, 3.05) is 4.90 Å². The van der Waals surface area contributed by atoms with Gasteiger partial charge in [0.05, 0.1) is 23.1 Å². The van der Waals surface area contributed by atoms with Gasteiger partial charge in [-0.05, 0) is 38.8 Å². The number of nitrogens with zero attached hydrogens (tertiary/aromatic N) is 1. The van der Waals surface area contributed by atoms with Crippen molar-refractivity contribution in [3.05, 3.63) is 41.0 Å². The van der Waals surface area contributed by atoms with Crippen LogP contribution in [-0.2, 0) is 15.8 Å². The maximum atomic E-state index is 13.2. The van der Waals surface area contributed by atoms with Gasteiger partial charge >= 0.3 is 6.18 Å². The van der Waals surface area contributed by atoms with Crippen LogP contribution in [0.15, 0.2) is 35.4 Å². The quantitative estimate of drug-likeness (QED) is 0.580. The molecule has 1 aliphatic heterocycles. The van der Waals surface area contributed by atoms with Crippen LogP contribution >= 0.6 is 0 Å². The first-order valence-electron chi connectivity index (χ1n) is 7.41. The number of benzene rings is 1. The number of amides is 2. The second kappa shape index (κ2) is 5.22. The Bertz CT molecular complexity index is 689. The highest BCUT2D eigenvalue weighted by atomic mass is 19.4. The molecule has 0 saturated carbocycles. The Kier molecular flexibility index (Phi) is 3.58. The molecule has 0 N–H and O–H groups in total. The number of imide groups is 1. The molecule has 3 nitrogen and oxygen atoms in total. The average Bonchev–Trinajstić information content (AvgIpc) is 2.71. The fourth-order valence-corrected chi connectivity index (χ4v) is 3.40. The molecule has 2 aliphatic rings. The lowest BCUT2D eigenvalue weighted by molar-refractivity contribution is -0.137. The number of carbonyl (C=O) groups is 2. The minimum atomic E-state index is -4.62. The van der Waals surface area contributed by atoms with E-state index in [-0.39, 0.29) is 5.69 Å². The Morgan fingerprint density at radius 3 is 1.91 bits per heavy atom. The molecule has 2 amide bonds. The number of carbonyl (C=O) groups excluding carboxylic acids is 2. The third-order valence-corrected chi connectivity index (χ3v) is 4.79. The molecule has 1 aromatic rings. The fraction of sp³-hybridized carbons (Fsp3) is 0.412. The number of halogens is 3. The minimum Gasteiger partial charge on any atom is -0.274 e. The van der Waals surface area contributed by atoms with Crippen molar-refractivity contribution in [1.29, 1.82) is 0 Å². The molecule has 1 aliphatic carbocycles. The first-order valence-corrected chi connectivity index (χ1v) is 7.41. The van der Waals surface area contributed by atoms with Crippen molar-refractivity contribution < 1.29 is 22.8 Å². The summed E-state index contributed by atoms with van der Waals surface area (Å²) in [6, 6.07) is 4.73. The van der Waals surface area contributed by atoms with Crippen LogP contribution in [0.4, 0.5) is 18.9 Å². The van der Waals surface area contributed by atoms with Crippen LogP contribution in [0, 0.1) is 11.8 Å². The second-order valence-electron chi connectivity index (χ2n) is 6.21. The summed E-state index contributed by atoms with van der Waals surface area (Å²) in [6.07, 6.45) is -3.74. The lowest BCUT2D eigenvalue weighted by atomic mass is 9.78. The lowest BCUT2D eigenvalue weighted by Crippen LogP contribution is -2.32. The zero-order valence-electron chi connectivity index (χ0n) is 12.8. The molecule has 1 aromatic carbocycles. The van der Waals surface area contributed by atoms with Gasteiger partial charge in [-0.1, -0.05) is 23.3 Å². The largest absolute Gasteiger partial charge is 0.418 e. The summed E-state index contributed by atoms with van der Waals surface area (Å²) in [5.41, 5.74) is 0.762. The molecular formula is C17H16F3NO2. The summed E-state index contributed by atoms with van der Waals surface area (Å²) in [5, 5.41) is 0. The average molecular weight is 323 g/mol. The molecule has 2 unspecified atom stereocenters. The Hall–Kier alpha value is -2.11. The van der Waals surface area contributed by atoms with Crippen LogP contribution in [0.3, 0.4) is 0 Å². The van der Waals surface area contributed by atoms with E-state index in [0.29, 0.717) is 12.8 Å². The smallest absolute Gasteiger partial charge is 0.274 e. The first kappa shape index (κ1) is 15.8. The summed E-state index contributed by atoms with van der Waals surface area (Å²) in [5.74, 6) is -2.15. The van der Waals surface area contributed by atoms with Crippen molar-refractivity contribution in [2.24, 2.45) is 11.8 Å². The number of allylic oxidation sites excluding steroid dienone is 2. The molecule has 1 fully saturated rings. The molecular weight excluding hydrogens is 307 g/mol. The number of hydrogen-bond donors (Lipinski definition) is 0. The van der Waals surface area contributed by atoms with E-state index in [0.717, 1.165) is 22.1 Å². The molecule has 23 heavy (non-hydrogen) atoms. The van der Waals surface area contributed by atoms with Crippen LogP contribution in [0.5, 0.6) is 0 Å². The number of hydrogen-bond acceptors (Lipinski definition) is 2. The normalized spacial score (nSPS) is 25.2. The maximum Gasteiger partial charge on any atom is 0.418 e. The highest BCUT2D eigenvalue weighted by Crippen LogP contribution is 2.45. The van der Waals surface area contributed by atoms with Crippen LogP contribution in [-0.4, -0.2) is 11.8 Å². The van der Waals surface area contributed by atoms with Gasteiger partial charge in [-0.3, -0.25) is 9.59 Å². The van der Waals surface area contributed by atoms with E-state index in [9.17, 15) is 22.8 Å². The number of anilines is 1. The summed E-state index contributed by atoms with van der Waals surface area (Å²) < 4.78 is 39.6. The zero-order chi connectivity index (χ0) is 16.9. The van der Waals surface area contributed by atoms with Gasteiger partial charge in [0, 0.05) is 0 Å². The standard InChI is InChI=1S/C17H16F3NO2/c1-9-7-11-12(8-10(9)2)16(23)21(15(11)22)14-6-4-3-5-13(14)17(18,19)20/h3-6,11-12H,7-8H2,1-2H3. The molecule has 1 saturated heterocycles. The first-order chi connectivity index (χ1) is 10.7. The van der Waals surface area contributed by atoms with Gasteiger partial charge in [-0.25, -0.2) is 4.90 Å². The molecule has 0 radical (unpaired) electrons. The highest BCUT2D eigenvalue weighted by molar-refractivity contribution is 6.22. The third kappa shape index (κ3) is 2.46. The monoisotopic (exact) mass is 323 g/mol. The van der Waals surface area contributed by atoms with Crippen molar-refractivity contribution in [3.63, 3.8) is 0 Å². The predicted molar refractivity (Wildman–Crippen MR) is 78.5 cm³/mol. The molecule has 1 heterocycles. The van der Waals surface area contributed by atoms with Gasteiger partial charge in [0.1, 0.15) is 0 Å². The Balaban J connectivity index is 2.04. The summed E-state index contributed by atoms with van der Waals surface area (Å²) in [4.78, 5) is 25.9. The van der Waals surface area contributed by atoms with E-state index in [1.165, 1.54) is 18.2 Å². The molecule has 0 spiro atoms.